The highest BCUT2D eigenvalue weighted by atomic mass is 16.3. The predicted octanol–water partition coefficient (Wildman–Crippen LogP) is 13.8. The summed E-state index contributed by atoms with van der Waals surface area (Å²) in [5.41, 5.74) is 11.4. The Kier molecular flexibility index (Phi) is 7.32. The lowest BCUT2D eigenvalue weighted by molar-refractivity contribution is 0.645. The number of allylic oxidation sites excluding steroid dienone is 12. The number of furan rings is 1. The molecule has 1 aromatic heterocycles. The second kappa shape index (κ2) is 12.0. The van der Waals surface area contributed by atoms with Gasteiger partial charge in [-0.15, -0.1) is 0 Å². The molecule has 0 N–H and O–H groups in total. The lowest BCUT2D eigenvalue weighted by Crippen LogP contribution is -2.15. The topological polar surface area (TPSA) is 13.1 Å². The monoisotopic (exact) mass is 644 g/mol. The molecule has 242 valence electrons. The van der Waals surface area contributed by atoms with Gasteiger partial charge in [0, 0.05) is 16.2 Å². The maximum absolute atomic E-state index is 6.25. The summed E-state index contributed by atoms with van der Waals surface area (Å²) >= 11 is 0. The van der Waals surface area contributed by atoms with Crippen molar-refractivity contribution >= 4 is 65.4 Å². The van der Waals surface area contributed by atoms with Crippen molar-refractivity contribution in [3.8, 4) is 0 Å². The van der Waals surface area contributed by atoms with E-state index in [1.54, 1.807) is 0 Å². The van der Waals surface area contributed by atoms with Crippen molar-refractivity contribution in [2.24, 2.45) is 0 Å². The number of benzene rings is 6. The summed E-state index contributed by atoms with van der Waals surface area (Å²) in [5, 5.41) is 10.1. The summed E-state index contributed by atoms with van der Waals surface area (Å²) in [6, 6.07) is 35.7. The van der Waals surface area contributed by atoms with Gasteiger partial charge in [0.1, 0.15) is 11.2 Å². The molecule has 1 heterocycles. The molecule has 0 unspecified atom stereocenters. The zero-order chi connectivity index (χ0) is 33.8. The quantitative estimate of drug-likeness (QED) is 0.174. The van der Waals surface area contributed by atoms with Gasteiger partial charge in [0.15, 0.2) is 0 Å². The Balaban J connectivity index is 1.15. The van der Waals surface area contributed by atoms with Crippen LogP contribution in [0.15, 0.2) is 162 Å². The number of hydrogen-bond donors (Lipinski definition) is 0. The average molecular weight is 645 g/mol. The molecule has 1 nitrogen and oxygen atoms in total. The normalized spacial score (nSPS) is 19.0. The average Bonchev–Trinajstić information content (AvgIpc) is 3.62. The molecule has 0 aliphatic heterocycles. The number of para-hydroxylation sites is 1. The minimum atomic E-state index is -0.0738. The molecule has 0 saturated carbocycles. The number of fused-ring (bicyclic) bond motifs is 7. The van der Waals surface area contributed by atoms with Gasteiger partial charge in [0.2, 0.25) is 0 Å². The summed E-state index contributed by atoms with van der Waals surface area (Å²) in [5.74, 6) is 0. The van der Waals surface area contributed by atoms with E-state index in [1.165, 1.54) is 82.1 Å². The van der Waals surface area contributed by atoms with Crippen molar-refractivity contribution in [1.82, 2.24) is 0 Å². The van der Waals surface area contributed by atoms with Crippen molar-refractivity contribution in [2.45, 2.75) is 45.4 Å². The summed E-state index contributed by atoms with van der Waals surface area (Å²) in [6.45, 7) is 7.05. The van der Waals surface area contributed by atoms with Crippen LogP contribution in [0.2, 0.25) is 0 Å². The smallest absolute Gasteiger partial charge is 0.136 e. The summed E-state index contributed by atoms with van der Waals surface area (Å²) in [4.78, 5) is 0. The van der Waals surface area contributed by atoms with Gasteiger partial charge >= 0.3 is 0 Å². The van der Waals surface area contributed by atoms with E-state index >= 15 is 0 Å². The van der Waals surface area contributed by atoms with Crippen LogP contribution in [0.4, 0.5) is 0 Å². The molecule has 6 aromatic carbocycles. The van der Waals surface area contributed by atoms with E-state index in [0.29, 0.717) is 0 Å². The van der Waals surface area contributed by atoms with E-state index in [1.807, 2.05) is 6.07 Å². The van der Waals surface area contributed by atoms with Crippen LogP contribution in [0.5, 0.6) is 0 Å². The van der Waals surface area contributed by atoms with Crippen LogP contribution in [-0.2, 0) is 11.8 Å². The number of rotatable bonds is 3. The predicted molar refractivity (Wildman–Crippen MR) is 216 cm³/mol. The van der Waals surface area contributed by atoms with Crippen LogP contribution in [0.25, 0.3) is 65.4 Å². The van der Waals surface area contributed by atoms with E-state index in [-0.39, 0.29) is 5.41 Å². The Labute approximate surface area is 293 Å². The summed E-state index contributed by atoms with van der Waals surface area (Å²) in [7, 11) is 0. The largest absolute Gasteiger partial charge is 0.456 e. The molecule has 0 amide bonds. The fourth-order valence-corrected chi connectivity index (χ4v) is 8.40. The van der Waals surface area contributed by atoms with Gasteiger partial charge in [-0.3, -0.25) is 0 Å². The van der Waals surface area contributed by atoms with E-state index in [0.717, 1.165) is 30.4 Å². The Morgan fingerprint density at radius 1 is 0.660 bits per heavy atom. The molecular weight excluding hydrogens is 605 g/mol. The molecule has 0 fully saturated rings. The van der Waals surface area contributed by atoms with Gasteiger partial charge in [-0.05, 0) is 116 Å². The summed E-state index contributed by atoms with van der Waals surface area (Å²) in [6.07, 6.45) is 23.1. The van der Waals surface area contributed by atoms with E-state index in [4.69, 9.17) is 4.42 Å². The first-order chi connectivity index (χ1) is 24.5. The molecule has 7 aromatic rings. The van der Waals surface area contributed by atoms with Crippen molar-refractivity contribution in [3.05, 3.63) is 180 Å². The van der Waals surface area contributed by atoms with Crippen LogP contribution in [-0.4, -0.2) is 0 Å². The van der Waals surface area contributed by atoms with Gasteiger partial charge < -0.3 is 4.42 Å². The Bertz CT molecular complexity index is 2640. The molecule has 1 heteroatoms. The van der Waals surface area contributed by atoms with E-state index in [9.17, 15) is 0 Å². The zero-order valence-corrected chi connectivity index (χ0v) is 29.0. The first-order valence-electron chi connectivity index (χ1n) is 17.9. The fourth-order valence-electron chi connectivity index (χ4n) is 8.40. The van der Waals surface area contributed by atoms with Gasteiger partial charge in [0.25, 0.3) is 0 Å². The Morgan fingerprint density at radius 2 is 1.32 bits per heavy atom. The van der Waals surface area contributed by atoms with Crippen LogP contribution in [0, 0.1) is 0 Å². The number of hydrogen-bond acceptors (Lipinski definition) is 1. The van der Waals surface area contributed by atoms with Gasteiger partial charge in [-0.1, -0.05) is 147 Å². The molecule has 0 radical (unpaired) electrons. The lowest BCUT2D eigenvalue weighted by atomic mass is 9.81. The lowest BCUT2D eigenvalue weighted by Gasteiger charge is -2.22. The van der Waals surface area contributed by atoms with Crippen molar-refractivity contribution in [3.63, 3.8) is 0 Å². The first kappa shape index (κ1) is 30.4. The van der Waals surface area contributed by atoms with Crippen molar-refractivity contribution in [1.29, 1.82) is 0 Å². The third-order valence-corrected chi connectivity index (χ3v) is 11.0. The highest BCUT2D eigenvalue weighted by molar-refractivity contribution is 6.16. The third-order valence-electron chi connectivity index (χ3n) is 11.0. The second-order valence-electron chi connectivity index (χ2n) is 14.4. The SMILES string of the molecule is C/C(=C\C=C1/Cc2cc3cc4c(cc3cc2C1(C)C)oc1ccccc14)c1c2ccccc2c(C2=C/C=C\C/C=C\C=C/C2)c2ccccc12. The minimum Gasteiger partial charge on any atom is -0.456 e. The molecule has 0 spiro atoms. The first-order valence-corrected chi connectivity index (χ1v) is 17.9. The van der Waals surface area contributed by atoms with Crippen LogP contribution >= 0.6 is 0 Å². The Hall–Kier alpha value is -5.66. The van der Waals surface area contributed by atoms with Crippen molar-refractivity contribution < 1.29 is 4.42 Å². The molecular formula is C49H40O. The molecule has 2 aliphatic rings. The second-order valence-corrected chi connectivity index (χ2v) is 14.4. The minimum absolute atomic E-state index is 0.0738. The van der Waals surface area contributed by atoms with Crippen molar-refractivity contribution in [2.75, 3.05) is 0 Å². The highest BCUT2D eigenvalue weighted by Gasteiger charge is 2.34. The highest BCUT2D eigenvalue weighted by Crippen LogP contribution is 2.46. The molecule has 0 saturated heterocycles. The van der Waals surface area contributed by atoms with Gasteiger partial charge in [0.05, 0.1) is 0 Å². The third kappa shape index (κ3) is 5.00. The molecule has 9 rings (SSSR count). The van der Waals surface area contributed by atoms with Crippen LogP contribution in [0.3, 0.4) is 0 Å². The van der Waals surface area contributed by atoms with E-state index < -0.39 is 0 Å². The zero-order valence-electron chi connectivity index (χ0n) is 29.0. The molecule has 2 aliphatic carbocycles. The standard InChI is InChI=1S/C49H40O/c1-32(47-39-20-11-13-22-41(39)48(42-23-14-12-21-40(42)47)33-17-9-7-5-4-6-8-10-18-33)25-26-37-28-36-27-34-29-43-38-19-15-16-24-45(38)50-46(43)31-35(34)30-44(36)49(37,2)3/h4-5,7-16,18-27,29-31H,6,17,28H2,1-3H3/b5-4-,9-7-,10-8-,32-25+,33-18?,37-26+. The van der Waals surface area contributed by atoms with Gasteiger partial charge in [-0.25, -0.2) is 0 Å². The molecule has 0 atom stereocenters. The van der Waals surface area contributed by atoms with E-state index in [2.05, 4.69) is 166 Å². The fraction of sp³-hybridized carbons (Fsp3) is 0.143. The van der Waals surface area contributed by atoms with Crippen LogP contribution < -0.4 is 0 Å². The summed E-state index contributed by atoms with van der Waals surface area (Å²) < 4.78 is 6.25. The van der Waals surface area contributed by atoms with Crippen LogP contribution in [0.1, 0.15) is 55.9 Å². The Morgan fingerprint density at radius 3 is 2.10 bits per heavy atom. The van der Waals surface area contributed by atoms with Gasteiger partial charge in [-0.2, -0.15) is 0 Å². The maximum Gasteiger partial charge on any atom is 0.136 e. The molecule has 50 heavy (non-hydrogen) atoms. The molecule has 0 bridgehead atoms. The maximum atomic E-state index is 6.25.